The first-order chi connectivity index (χ1) is 18.7. The molecular formula is C28H31N3O6S2. The Hall–Kier alpha value is -4.09. The number of carbonyl (C=O) groups is 1. The van der Waals surface area contributed by atoms with Gasteiger partial charge in [-0.05, 0) is 60.1 Å². The van der Waals surface area contributed by atoms with E-state index in [0.29, 0.717) is 23.5 Å². The molecule has 0 aromatic heterocycles. The van der Waals surface area contributed by atoms with Crippen molar-refractivity contribution in [3.63, 3.8) is 0 Å². The maximum atomic E-state index is 13.1. The van der Waals surface area contributed by atoms with Gasteiger partial charge in [-0.3, -0.25) is 9.52 Å². The third kappa shape index (κ3) is 8.72. The molecule has 3 N–H and O–H groups in total. The number of hydrogen-bond donors (Lipinski definition) is 3. The van der Waals surface area contributed by atoms with Crippen LogP contribution in [0.3, 0.4) is 0 Å². The largest absolute Gasteiger partial charge is 0.497 e. The maximum absolute atomic E-state index is 13.1. The van der Waals surface area contributed by atoms with E-state index in [4.69, 9.17) is 26.4 Å². The van der Waals surface area contributed by atoms with E-state index >= 15 is 0 Å². The van der Waals surface area contributed by atoms with Gasteiger partial charge in [0, 0.05) is 31.3 Å². The van der Waals surface area contributed by atoms with Gasteiger partial charge >= 0.3 is 0 Å². The van der Waals surface area contributed by atoms with E-state index in [9.17, 15) is 13.2 Å². The number of sulfonamides is 1. The highest BCUT2D eigenvalue weighted by Crippen LogP contribution is 2.27. The highest BCUT2D eigenvalue weighted by Gasteiger charge is 2.22. The lowest BCUT2D eigenvalue weighted by Crippen LogP contribution is -2.37. The van der Waals surface area contributed by atoms with Crippen molar-refractivity contribution in [2.45, 2.75) is 17.9 Å². The molecule has 1 amide bonds. The molecular weight excluding hydrogens is 538 g/mol. The molecule has 3 aromatic carbocycles. The SMILES string of the molecule is CNC(=S)NS(=O)(=O)c1cc(CCNC(=O)C=Cc2ccc(OC)cc2OC)ccc1OCc1ccccc1. The van der Waals surface area contributed by atoms with E-state index in [0.717, 1.165) is 11.1 Å². The Labute approximate surface area is 234 Å². The first-order valence-electron chi connectivity index (χ1n) is 12.0. The number of hydrogen-bond acceptors (Lipinski definition) is 7. The minimum atomic E-state index is -4.02. The molecule has 3 aromatic rings. The van der Waals surface area contributed by atoms with Gasteiger partial charge in [0.25, 0.3) is 10.0 Å². The molecule has 0 atom stereocenters. The van der Waals surface area contributed by atoms with Crippen LogP contribution in [0.4, 0.5) is 0 Å². The van der Waals surface area contributed by atoms with Crippen molar-refractivity contribution in [3.8, 4) is 17.2 Å². The predicted molar refractivity (Wildman–Crippen MR) is 154 cm³/mol. The number of nitrogens with one attached hydrogen (secondary N) is 3. The summed E-state index contributed by atoms with van der Waals surface area (Å²) >= 11 is 5.00. The van der Waals surface area contributed by atoms with Crippen molar-refractivity contribution >= 4 is 39.3 Å². The molecule has 0 saturated carbocycles. The molecule has 0 aliphatic heterocycles. The van der Waals surface area contributed by atoms with Gasteiger partial charge in [-0.2, -0.15) is 0 Å². The van der Waals surface area contributed by atoms with Crippen molar-refractivity contribution < 1.29 is 27.4 Å². The molecule has 3 rings (SSSR count). The highest BCUT2D eigenvalue weighted by atomic mass is 32.2. The first-order valence-corrected chi connectivity index (χ1v) is 13.9. The van der Waals surface area contributed by atoms with Crippen LogP contribution >= 0.6 is 12.2 Å². The van der Waals surface area contributed by atoms with E-state index < -0.39 is 10.0 Å². The lowest BCUT2D eigenvalue weighted by Gasteiger charge is -2.15. The van der Waals surface area contributed by atoms with Gasteiger partial charge < -0.3 is 24.8 Å². The summed E-state index contributed by atoms with van der Waals surface area (Å²) in [7, 11) is 0.611. The van der Waals surface area contributed by atoms with Crippen LogP contribution < -0.4 is 29.6 Å². The zero-order chi connectivity index (χ0) is 28.3. The molecule has 9 nitrogen and oxygen atoms in total. The van der Waals surface area contributed by atoms with Crippen LogP contribution in [0.1, 0.15) is 16.7 Å². The molecule has 0 saturated heterocycles. The summed E-state index contributed by atoms with van der Waals surface area (Å²) in [6.07, 6.45) is 3.44. The topological polar surface area (TPSA) is 115 Å². The zero-order valence-electron chi connectivity index (χ0n) is 21.9. The fourth-order valence-electron chi connectivity index (χ4n) is 3.51. The molecule has 0 aliphatic rings. The second-order valence-corrected chi connectivity index (χ2v) is 10.3. The van der Waals surface area contributed by atoms with Gasteiger partial charge in [0.05, 0.1) is 14.2 Å². The van der Waals surface area contributed by atoms with Crippen LogP contribution in [-0.4, -0.2) is 47.2 Å². The van der Waals surface area contributed by atoms with Crippen molar-refractivity contribution in [1.82, 2.24) is 15.4 Å². The Morgan fingerprint density at radius 2 is 1.72 bits per heavy atom. The molecule has 39 heavy (non-hydrogen) atoms. The summed E-state index contributed by atoms with van der Waals surface area (Å²) in [6, 6.07) is 19.6. The maximum Gasteiger partial charge on any atom is 0.267 e. The minimum absolute atomic E-state index is 0.0399. The smallest absolute Gasteiger partial charge is 0.267 e. The summed E-state index contributed by atoms with van der Waals surface area (Å²) in [5.74, 6) is 1.11. The fraction of sp³-hybridized carbons (Fsp3) is 0.214. The van der Waals surface area contributed by atoms with E-state index in [1.165, 1.54) is 19.2 Å². The number of carbonyl (C=O) groups excluding carboxylic acids is 1. The third-order valence-corrected chi connectivity index (χ3v) is 7.36. The van der Waals surface area contributed by atoms with Crippen molar-refractivity contribution in [2.24, 2.45) is 0 Å². The Morgan fingerprint density at radius 1 is 0.949 bits per heavy atom. The number of methoxy groups -OCH3 is 2. The summed E-state index contributed by atoms with van der Waals surface area (Å²) in [4.78, 5) is 12.3. The molecule has 0 aliphatic carbocycles. The molecule has 0 fully saturated rings. The standard InChI is InChI=1S/C28H31N3O6S2/c1-29-28(38)31-39(33,34)26-17-20(9-13-24(26)37-19-21-7-5-4-6-8-21)15-16-30-27(32)14-11-22-10-12-23(35-2)18-25(22)36-3/h4-14,17-18H,15-16,19H2,1-3H3,(H,30,32)(H2,29,31,38). The van der Waals surface area contributed by atoms with E-state index in [2.05, 4.69) is 15.4 Å². The summed E-state index contributed by atoms with van der Waals surface area (Å²) in [6.45, 7) is 0.482. The molecule has 0 heterocycles. The Kier molecular flexibility index (Phi) is 10.7. The lowest BCUT2D eigenvalue weighted by atomic mass is 10.1. The lowest BCUT2D eigenvalue weighted by molar-refractivity contribution is -0.116. The van der Waals surface area contributed by atoms with Crippen LogP contribution in [0.5, 0.6) is 17.2 Å². The summed E-state index contributed by atoms with van der Waals surface area (Å²) < 4.78 is 44.8. The second-order valence-electron chi connectivity index (χ2n) is 8.22. The van der Waals surface area contributed by atoms with Crippen LogP contribution in [0.15, 0.2) is 77.7 Å². The number of thiocarbonyl (C=S) groups is 1. The van der Waals surface area contributed by atoms with Crippen LogP contribution in [0, 0.1) is 0 Å². The van der Waals surface area contributed by atoms with Crippen LogP contribution in [0.2, 0.25) is 0 Å². The van der Waals surface area contributed by atoms with Gasteiger partial charge in [0.1, 0.15) is 28.8 Å². The second kappa shape index (κ2) is 14.2. The van der Waals surface area contributed by atoms with Crippen molar-refractivity contribution in [1.29, 1.82) is 0 Å². The van der Waals surface area contributed by atoms with Crippen molar-refractivity contribution in [3.05, 3.63) is 89.5 Å². The molecule has 0 unspecified atom stereocenters. The molecule has 11 heteroatoms. The van der Waals surface area contributed by atoms with Crippen molar-refractivity contribution in [2.75, 3.05) is 27.8 Å². The number of amides is 1. The Morgan fingerprint density at radius 3 is 2.41 bits per heavy atom. The van der Waals surface area contributed by atoms with Crippen LogP contribution in [0.25, 0.3) is 6.08 Å². The van der Waals surface area contributed by atoms with E-state index in [1.807, 2.05) is 30.3 Å². The monoisotopic (exact) mass is 569 g/mol. The predicted octanol–water partition coefficient (Wildman–Crippen LogP) is 3.44. The molecule has 0 radical (unpaired) electrons. The summed E-state index contributed by atoms with van der Waals surface area (Å²) in [5, 5.41) is 5.36. The van der Waals surface area contributed by atoms with E-state index in [-0.39, 0.29) is 34.8 Å². The van der Waals surface area contributed by atoms with Gasteiger partial charge in [-0.1, -0.05) is 36.4 Å². The van der Waals surface area contributed by atoms with Crippen LogP contribution in [-0.2, 0) is 27.8 Å². The average Bonchev–Trinajstić information content (AvgIpc) is 2.95. The quantitative estimate of drug-likeness (QED) is 0.225. The first kappa shape index (κ1) is 29.5. The Balaban J connectivity index is 1.69. The van der Waals surface area contributed by atoms with E-state index in [1.54, 1.807) is 50.6 Å². The van der Waals surface area contributed by atoms with Gasteiger partial charge in [0.2, 0.25) is 5.91 Å². The van der Waals surface area contributed by atoms with Gasteiger partial charge in [0.15, 0.2) is 5.11 Å². The number of rotatable bonds is 12. The Bertz CT molecular complexity index is 1430. The number of benzene rings is 3. The third-order valence-electron chi connectivity index (χ3n) is 5.56. The zero-order valence-corrected chi connectivity index (χ0v) is 23.5. The normalized spacial score (nSPS) is 11.1. The fourth-order valence-corrected chi connectivity index (χ4v) is 4.99. The molecule has 0 bridgehead atoms. The summed E-state index contributed by atoms with van der Waals surface area (Å²) in [5.41, 5.74) is 2.31. The average molecular weight is 570 g/mol. The van der Waals surface area contributed by atoms with Gasteiger partial charge in [-0.25, -0.2) is 8.42 Å². The molecule has 206 valence electrons. The highest BCUT2D eigenvalue weighted by molar-refractivity contribution is 7.92. The number of ether oxygens (including phenoxy) is 3. The minimum Gasteiger partial charge on any atom is -0.497 e. The molecule has 0 spiro atoms. The van der Waals surface area contributed by atoms with Gasteiger partial charge in [-0.15, -0.1) is 0 Å².